The molecule has 0 amide bonds. The van der Waals surface area contributed by atoms with Gasteiger partial charge in [-0.25, -0.2) is 0 Å². The van der Waals surface area contributed by atoms with E-state index in [4.69, 9.17) is 14.2 Å². The molecule has 0 aliphatic rings. The minimum absolute atomic E-state index is 0.111. The standard InChI is InChI=1S/C71H112O6/c1-4-7-10-13-16-19-22-25-28-31-33-34-35-36-38-40-43-46-49-52-55-58-61-64-70(73)76-67-68(66-75-69(72)63-60-57-54-51-48-45-42-39-30-27-24-21-18-15-12-9-6-3)77-71(74)65-62-59-56-53-50-47-44-41-37-32-29-26-23-20-17-14-11-8-5-2/h7-8,10-11,16-21,25-30,33-34,36-38,41,43,46-47,50,68H,4-6,9,12-15,22-24,31-32,35,39-40,42,44-45,48-49,51-67H2,1-3H3/b10-7-,11-8-,19-16-,20-17-,21-18-,28-25-,29-26-,30-27-,34-33-,38-36-,41-37-,46-43-,50-47-. The van der Waals surface area contributed by atoms with Gasteiger partial charge in [0.25, 0.3) is 0 Å². The molecule has 0 saturated heterocycles. The fourth-order valence-corrected chi connectivity index (χ4v) is 7.91. The summed E-state index contributed by atoms with van der Waals surface area (Å²) in [5, 5.41) is 0. The van der Waals surface area contributed by atoms with Crippen molar-refractivity contribution in [3.63, 3.8) is 0 Å². The summed E-state index contributed by atoms with van der Waals surface area (Å²) >= 11 is 0. The number of carbonyl (C=O) groups excluding carboxylic acids is 3. The summed E-state index contributed by atoms with van der Waals surface area (Å²) in [4.78, 5) is 38.3. The summed E-state index contributed by atoms with van der Waals surface area (Å²) in [6, 6.07) is 0. The van der Waals surface area contributed by atoms with Crippen LogP contribution in [0.15, 0.2) is 158 Å². The molecule has 6 heteroatoms. The van der Waals surface area contributed by atoms with Crippen LogP contribution in [0.2, 0.25) is 0 Å². The van der Waals surface area contributed by atoms with E-state index in [0.717, 1.165) is 154 Å². The fourth-order valence-electron chi connectivity index (χ4n) is 7.91. The Balaban J connectivity index is 4.54. The van der Waals surface area contributed by atoms with Gasteiger partial charge in [-0.15, -0.1) is 0 Å². The number of carbonyl (C=O) groups is 3. The Morgan fingerprint density at radius 3 is 0.805 bits per heavy atom. The molecule has 77 heavy (non-hydrogen) atoms. The molecular formula is C71H112O6. The van der Waals surface area contributed by atoms with Crippen LogP contribution in [0, 0.1) is 0 Å². The number of ether oxygens (including phenoxy) is 3. The average Bonchev–Trinajstić information content (AvgIpc) is 3.43. The van der Waals surface area contributed by atoms with E-state index in [0.29, 0.717) is 19.3 Å². The van der Waals surface area contributed by atoms with Crippen LogP contribution in [0.25, 0.3) is 0 Å². The molecule has 0 aliphatic heterocycles. The topological polar surface area (TPSA) is 78.9 Å². The Morgan fingerprint density at radius 2 is 0.506 bits per heavy atom. The van der Waals surface area contributed by atoms with E-state index in [2.05, 4.69) is 179 Å². The first-order valence-electron chi connectivity index (χ1n) is 31.0. The van der Waals surface area contributed by atoms with Gasteiger partial charge in [-0.05, 0) is 148 Å². The van der Waals surface area contributed by atoms with Gasteiger partial charge in [-0.2, -0.15) is 0 Å². The molecule has 6 nitrogen and oxygen atoms in total. The van der Waals surface area contributed by atoms with Crippen LogP contribution in [0.5, 0.6) is 0 Å². The molecule has 0 aromatic rings. The third kappa shape index (κ3) is 61.8. The lowest BCUT2D eigenvalue weighted by Crippen LogP contribution is -2.30. The molecular weight excluding hydrogens is 949 g/mol. The second kappa shape index (κ2) is 63.6. The largest absolute Gasteiger partial charge is 0.462 e. The zero-order valence-electron chi connectivity index (χ0n) is 49.4. The Labute approximate surface area is 473 Å². The lowest BCUT2D eigenvalue weighted by atomic mass is 10.1. The van der Waals surface area contributed by atoms with Crippen LogP contribution in [-0.2, 0) is 28.6 Å². The molecule has 0 aromatic heterocycles. The molecule has 0 heterocycles. The van der Waals surface area contributed by atoms with Gasteiger partial charge >= 0.3 is 17.9 Å². The molecule has 0 fully saturated rings. The minimum Gasteiger partial charge on any atom is -0.462 e. The number of hydrogen-bond acceptors (Lipinski definition) is 6. The first-order valence-corrected chi connectivity index (χ1v) is 31.0. The highest BCUT2D eigenvalue weighted by atomic mass is 16.6. The maximum absolute atomic E-state index is 12.9. The van der Waals surface area contributed by atoms with Crippen LogP contribution in [0.4, 0.5) is 0 Å². The summed E-state index contributed by atoms with van der Waals surface area (Å²) in [5.41, 5.74) is 0. The van der Waals surface area contributed by atoms with E-state index in [-0.39, 0.29) is 37.5 Å². The predicted molar refractivity (Wildman–Crippen MR) is 334 cm³/mol. The van der Waals surface area contributed by atoms with Crippen LogP contribution >= 0.6 is 0 Å². The molecule has 0 aliphatic carbocycles. The maximum atomic E-state index is 12.9. The molecule has 1 atom stereocenters. The quantitative estimate of drug-likeness (QED) is 0.0261. The fraction of sp³-hybridized carbons (Fsp3) is 0.592. The third-order valence-corrected chi connectivity index (χ3v) is 12.5. The van der Waals surface area contributed by atoms with E-state index >= 15 is 0 Å². The monoisotopic (exact) mass is 1060 g/mol. The smallest absolute Gasteiger partial charge is 0.306 e. The van der Waals surface area contributed by atoms with E-state index < -0.39 is 6.10 Å². The van der Waals surface area contributed by atoms with Crippen molar-refractivity contribution in [2.75, 3.05) is 13.2 Å². The number of hydrogen-bond donors (Lipinski definition) is 0. The average molecular weight is 1060 g/mol. The summed E-state index contributed by atoms with van der Waals surface area (Å²) in [5.74, 6) is -0.981. The van der Waals surface area contributed by atoms with E-state index in [9.17, 15) is 14.4 Å². The molecule has 0 radical (unpaired) electrons. The van der Waals surface area contributed by atoms with Gasteiger partial charge in [0, 0.05) is 19.3 Å². The van der Waals surface area contributed by atoms with Crippen molar-refractivity contribution >= 4 is 17.9 Å². The summed E-state index contributed by atoms with van der Waals surface area (Å²) in [6.45, 7) is 6.33. The lowest BCUT2D eigenvalue weighted by Gasteiger charge is -2.18. The van der Waals surface area contributed by atoms with Crippen molar-refractivity contribution < 1.29 is 28.6 Å². The summed E-state index contributed by atoms with van der Waals surface area (Å²) < 4.78 is 16.9. The van der Waals surface area contributed by atoms with Gasteiger partial charge in [0.1, 0.15) is 13.2 Å². The Hall–Kier alpha value is -4.97. The molecule has 432 valence electrons. The second-order valence-electron chi connectivity index (χ2n) is 19.8. The van der Waals surface area contributed by atoms with E-state index in [1.54, 1.807) is 0 Å². The first-order chi connectivity index (χ1) is 38.0. The molecule has 0 rings (SSSR count). The van der Waals surface area contributed by atoms with Crippen molar-refractivity contribution in [3.8, 4) is 0 Å². The zero-order valence-corrected chi connectivity index (χ0v) is 49.4. The Morgan fingerprint density at radius 1 is 0.273 bits per heavy atom. The number of unbranched alkanes of at least 4 members (excludes halogenated alkanes) is 17. The molecule has 0 bridgehead atoms. The van der Waals surface area contributed by atoms with Crippen molar-refractivity contribution in [2.45, 2.75) is 258 Å². The number of rotatable bonds is 54. The van der Waals surface area contributed by atoms with Gasteiger partial charge in [0.05, 0.1) is 0 Å². The van der Waals surface area contributed by atoms with Gasteiger partial charge in [0.15, 0.2) is 6.10 Å². The van der Waals surface area contributed by atoms with Crippen LogP contribution in [0.3, 0.4) is 0 Å². The lowest BCUT2D eigenvalue weighted by molar-refractivity contribution is -0.167. The molecule has 0 N–H and O–H groups in total. The highest BCUT2D eigenvalue weighted by Crippen LogP contribution is 2.13. The van der Waals surface area contributed by atoms with Crippen LogP contribution in [-0.4, -0.2) is 37.2 Å². The van der Waals surface area contributed by atoms with Crippen molar-refractivity contribution in [2.24, 2.45) is 0 Å². The molecule has 0 spiro atoms. The van der Waals surface area contributed by atoms with E-state index in [1.807, 2.05) is 0 Å². The zero-order chi connectivity index (χ0) is 55.7. The third-order valence-electron chi connectivity index (χ3n) is 12.5. The highest BCUT2D eigenvalue weighted by Gasteiger charge is 2.19. The number of esters is 3. The van der Waals surface area contributed by atoms with Crippen molar-refractivity contribution in [3.05, 3.63) is 158 Å². The van der Waals surface area contributed by atoms with E-state index in [1.165, 1.54) is 51.4 Å². The number of allylic oxidation sites excluding steroid dienone is 26. The highest BCUT2D eigenvalue weighted by molar-refractivity contribution is 5.71. The summed E-state index contributed by atoms with van der Waals surface area (Å²) in [7, 11) is 0. The first kappa shape index (κ1) is 72.0. The van der Waals surface area contributed by atoms with Gasteiger partial charge < -0.3 is 14.2 Å². The maximum Gasteiger partial charge on any atom is 0.306 e. The normalized spacial score (nSPS) is 13.2. The van der Waals surface area contributed by atoms with Crippen LogP contribution in [0.1, 0.15) is 252 Å². The van der Waals surface area contributed by atoms with Crippen LogP contribution < -0.4 is 0 Å². The van der Waals surface area contributed by atoms with Crippen molar-refractivity contribution in [1.29, 1.82) is 0 Å². The molecule has 0 aromatic carbocycles. The molecule has 0 saturated carbocycles. The Bertz CT molecular complexity index is 1740. The SMILES string of the molecule is CC/C=C\C/C=C\C/C=C\C/C=C\C/C=C\C/C=C\CCCCCCC(=O)OCC(COC(=O)CCCCCCCCC/C=C\C/C=C\CCCCC)OC(=O)CCCCC/C=C\C/C=C\C/C=C\C/C=C\C/C=C\CC. The van der Waals surface area contributed by atoms with Crippen molar-refractivity contribution in [1.82, 2.24) is 0 Å². The minimum atomic E-state index is -0.819. The van der Waals surface area contributed by atoms with Gasteiger partial charge in [-0.1, -0.05) is 243 Å². The van der Waals surface area contributed by atoms with Gasteiger partial charge in [-0.3, -0.25) is 14.4 Å². The van der Waals surface area contributed by atoms with Gasteiger partial charge in [0.2, 0.25) is 0 Å². The molecule has 1 unspecified atom stereocenters. The predicted octanol–water partition coefficient (Wildman–Crippen LogP) is 21.3. The summed E-state index contributed by atoms with van der Waals surface area (Å²) in [6.07, 6.45) is 92.3. The second-order valence-corrected chi connectivity index (χ2v) is 19.8. The Kier molecular flexibility index (Phi) is 59.5.